The molecule has 30 heavy (non-hydrogen) atoms. The van der Waals surface area contributed by atoms with Gasteiger partial charge in [-0.1, -0.05) is 72.8 Å². The highest BCUT2D eigenvalue weighted by Gasteiger charge is 2.41. The Morgan fingerprint density at radius 1 is 0.900 bits per heavy atom. The number of hydrogen-bond donors (Lipinski definition) is 1. The van der Waals surface area contributed by atoms with Gasteiger partial charge in [0.05, 0.1) is 17.2 Å². The zero-order valence-corrected chi connectivity index (χ0v) is 16.1. The predicted octanol–water partition coefficient (Wildman–Crippen LogP) is 5.13. The largest absolute Gasteiger partial charge is 0.405 e. The average Bonchev–Trinajstić information content (AvgIpc) is 3.19. The van der Waals surface area contributed by atoms with Crippen molar-refractivity contribution >= 4 is 5.97 Å². The van der Waals surface area contributed by atoms with Crippen LogP contribution in [0, 0.1) is 11.7 Å². The Morgan fingerprint density at radius 2 is 1.57 bits per heavy atom. The van der Waals surface area contributed by atoms with Gasteiger partial charge in [-0.2, -0.15) is 4.98 Å². The minimum Gasteiger partial charge on any atom is -0.405 e. The maximum Gasteiger partial charge on any atom is 0.317 e. The predicted molar refractivity (Wildman–Crippen MR) is 112 cm³/mol. The molecule has 5 rings (SSSR count). The van der Waals surface area contributed by atoms with Crippen LogP contribution in [0.2, 0.25) is 0 Å². The number of esters is 1. The van der Waals surface area contributed by atoms with Gasteiger partial charge in [0.2, 0.25) is 5.88 Å². The fraction of sp³-hybridized carbons (Fsp3) is 0.120. The summed E-state index contributed by atoms with van der Waals surface area (Å²) in [6.07, 6.45) is 0.534. The van der Waals surface area contributed by atoms with Crippen molar-refractivity contribution in [2.45, 2.75) is 12.3 Å². The van der Waals surface area contributed by atoms with Gasteiger partial charge in [0.25, 0.3) is 0 Å². The fourth-order valence-electron chi connectivity index (χ4n) is 4.08. The zero-order chi connectivity index (χ0) is 20.5. The Labute approximate surface area is 173 Å². The summed E-state index contributed by atoms with van der Waals surface area (Å²) in [5.41, 5.74) is 3.08. The average molecular weight is 398 g/mol. The number of aromatic nitrogens is 2. The number of nitrogens with zero attached hydrogens (tertiary/aromatic N) is 1. The van der Waals surface area contributed by atoms with Gasteiger partial charge in [-0.3, -0.25) is 4.79 Å². The van der Waals surface area contributed by atoms with Gasteiger partial charge in [-0.15, -0.1) is 0 Å². The molecule has 0 bridgehead atoms. The number of fused-ring (bicyclic) bond motifs is 1. The van der Waals surface area contributed by atoms with E-state index < -0.39 is 5.92 Å². The lowest BCUT2D eigenvalue weighted by Gasteiger charge is -2.29. The molecule has 1 aliphatic rings. The number of aromatic amines is 1. The highest BCUT2D eigenvalue weighted by molar-refractivity contribution is 5.80. The van der Waals surface area contributed by atoms with Gasteiger partial charge in [-0.05, 0) is 29.7 Å². The zero-order valence-electron chi connectivity index (χ0n) is 16.1. The van der Waals surface area contributed by atoms with Crippen LogP contribution in [0.5, 0.6) is 5.88 Å². The van der Waals surface area contributed by atoms with Gasteiger partial charge < -0.3 is 9.72 Å². The molecule has 1 aliphatic heterocycles. The number of ether oxygens (including phenoxy) is 1. The molecule has 0 amide bonds. The second kappa shape index (κ2) is 7.59. The summed E-state index contributed by atoms with van der Waals surface area (Å²) in [6.45, 7) is 0. The molecule has 2 heterocycles. The Balaban J connectivity index is 1.62. The van der Waals surface area contributed by atoms with E-state index in [1.807, 2.05) is 60.7 Å². The summed E-state index contributed by atoms with van der Waals surface area (Å²) in [5.74, 6) is -0.825. The first-order valence-electron chi connectivity index (χ1n) is 9.86. The highest BCUT2D eigenvalue weighted by atomic mass is 19.1. The normalized spacial score (nSPS) is 18.0. The van der Waals surface area contributed by atoms with Crippen molar-refractivity contribution in [2.75, 3.05) is 0 Å². The van der Waals surface area contributed by atoms with Crippen molar-refractivity contribution in [3.63, 3.8) is 0 Å². The molecule has 4 nitrogen and oxygen atoms in total. The van der Waals surface area contributed by atoms with E-state index in [-0.39, 0.29) is 23.6 Å². The minimum absolute atomic E-state index is 0.219. The third kappa shape index (κ3) is 3.28. The van der Waals surface area contributed by atoms with Crippen LogP contribution >= 0.6 is 0 Å². The Morgan fingerprint density at radius 3 is 2.30 bits per heavy atom. The molecule has 1 aromatic heterocycles. The molecule has 0 radical (unpaired) electrons. The van der Waals surface area contributed by atoms with E-state index >= 15 is 0 Å². The third-order valence-electron chi connectivity index (χ3n) is 5.50. The second-order valence-corrected chi connectivity index (χ2v) is 7.39. The van der Waals surface area contributed by atoms with E-state index in [9.17, 15) is 9.18 Å². The van der Waals surface area contributed by atoms with Crippen molar-refractivity contribution in [3.05, 3.63) is 108 Å². The summed E-state index contributed by atoms with van der Waals surface area (Å²) < 4.78 is 19.9. The SMILES string of the molecule is O=C1Oc2nc(-c3ccccc3F)[nH]c2C(c2ccccc2)C1Cc1ccccc1. The molecule has 1 N–H and O–H groups in total. The third-order valence-corrected chi connectivity index (χ3v) is 5.50. The molecule has 0 spiro atoms. The van der Waals surface area contributed by atoms with Crippen LogP contribution in [-0.2, 0) is 11.2 Å². The number of H-pyrrole nitrogens is 1. The first-order chi connectivity index (χ1) is 14.7. The summed E-state index contributed by atoms with van der Waals surface area (Å²) in [7, 11) is 0. The fourth-order valence-corrected chi connectivity index (χ4v) is 4.08. The number of nitrogens with one attached hydrogen (secondary N) is 1. The maximum atomic E-state index is 14.3. The number of hydrogen-bond acceptors (Lipinski definition) is 3. The maximum absolute atomic E-state index is 14.3. The van der Waals surface area contributed by atoms with Gasteiger partial charge >= 0.3 is 5.97 Å². The van der Waals surface area contributed by atoms with Gasteiger partial charge in [0.1, 0.15) is 11.6 Å². The van der Waals surface area contributed by atoms with Crippen molar-refractivity contribution in [1.82, 2.24) is 9.97 Å². The molecule has 0 saturated heterocycles. The van der Waals surface area contributed by atoms with Crippen LogP contribution in [0.25, 0.3) is 11.4 Å². The lowest BCUT2D eigenvalue weighted by molar-refractivity contribution is -0.141. The molecule has 3 aromatic carbocycles. The summed E-state index contributed by atoms with van der Waals surface area (Å²) in [5, 5.41) is 0. The van der Waals surface area contributed by atoms with Crippen LogP contribution in [0.1, 0.15) is 22.7 Å². The summed E-state index contributed by atoms with van der Waals surface area (Å²) in [4.78, 5) is 20.7. The second-order valence-electron chi connectivity index (χ2n) is 7.39. The van der Waals surface area contributed by atoms with E-state index in [1.165, 1.54) is 6.07 Å². The lowest BCUT2D eigenvalue weighted by atomic mass is 9.79. The molecule has 148 valence electrons. The molecule has 5 heteroatoms. The topological polar surface area (TPSA) is 55.0 Å². The van der Waals surface area contributed by atoms with Crippen LogP contribution in [0.4, 0.5) is 4.39 Å². The standard InChI is InChI=1S/C25H19FN2O2/c26-20-14-8-7-13-18(20)23-27-22-21(17-11-5-2-6-12-17)19(25(29)30-24(22)28-23)15-16-9-3-1-4-10-16/h1-14,19,21H,15H2,(H,27,28). The van der Waals surface area contributed by atoms with E-state index in [0.717, 1.165) is 11.1 Å². The number of carbonyl (C=O) groups excluding carboxylic acids is 1. The van der Waals surface area contributed by atoms with Gasteiger partial charge in [0.15, 0.2) is 0 Å². The van der Waals surface area contributed by atoms with Crippen molar-refractivity contribution in [3.8, 4) is 17.3 Å². The van der Waals surface area contributed by atoms with Crippen molar-refractivity contribution < 1.29 is 13.9 Å². The molecular formula is C25H19FN2O2. The molecule has 2 atom stereocenters. The van der Waals surface area contributed by atoms with Crippen molar-refractivity contribution in [2.24, 2.45) is 5.92 Å². The quantitative estimate of drug-likeness (QED) is 0.485. The number of benzene rings is 3. The van der Waals surface area contributed by atoms with Crippen LogP contribution in [-0.4, -0.2) is 15.9 Å². The number of carbonyl (C=O) groups is 1. The Bertz CT molecular complexity index is 1190. The highest BCUT2D eigenvalue weighted by Crippen LogP contribution is 2.43. The van der Waals surface area contributed by atoms with Gasteiger partial charge in [0, 0.05) is 5.92 Å². The number of halogens is 1. The lowest BCUT2D eigenvalue weighted by Crippen LogP contribution is -2.34. The monoisotopic (exact) mass is 398 g/mol. The molecule has 0 fully saturated rings. The molecule has 0 aliphatic carbocycles. The molecule has 4 aromatic rings. The number of rotatable bonds is 4. The van der Waals surface area contributed by atoms with Crippen LogP contribution in [0.3, 0.4) is 0 Å². The first-order valence-corrected chi connectivity index (χ1v) is 9.86. The first kappa shape index (κ1) is 18.3. The molecule has 0 saturated carbocycles. The van der Waals surface area contributed by atoms with Crippen LogP contribution in [0.15, 0.2) is 84.9 Å². The van der Waals surface area contributed by atoms with E-state index in [0.29, 0.717) is 23.5 Å². The summed E-state index contributed by atoms with van der Waals surface area (Å²) >= 11 is 0. The Kier molecular flexibility index (Phi) is 4.64. The summed E-state index contributed by atoms with van der Waals surface area (Å²) in [6, 6.07) is 26.1. The van der Waals surface area contributed by atoms with Gasteiger partial charge in [-0.25, -0.2) is 4.39 Å². The minimum atomic E-state index is -0.420. The molecular weight excluding hydrogens is 379 g/mol. The van der Waals surface area contributed by atoms with Crippen molar-refractivity contribution in [1.29, 1.82) is 0 Å². The van der Waals surface area contributed by atoms with E-state index in [1.54, 1.807) is 18.2 Å². The van der Waals surface area contributed by atoms with Crippen LogP contribution < -0.4 is 4.74 Å². The van der Waals surface area contributed by atoms with E-state index in [2.05, 4.69) is 9.97 Å². The number of imidazole rings is 1. The van der Waals surface area contributed by atoms with E-state index in [4.69, 9.17) is 4.74 Å². The Hall–Kier alpha value is -3.73. The smallest absolute Gasteiger partial charge is 0.317 e. The molecule has 2 unspecified atom stereocenters.